The van der Waals surface area contributed by atoms with Crippen molar-refractivity contribution in [1.29, 1.82) is 0 Å². The van der Waals surface area contributed by atoms with E-state index in [0.29, 0.717) is 10.7 Å². The second kappa shape index (κ2) is 9.45. The lowest BCUT2D eigenvalue weighted by molar-refractivity contribution is -0.115. The summed E-state index contributed by atoms with van der Waals surface area (Å²) in [5.74, 6) is -0.811. The molecule has 0 aliphatic rings. The van der Waals surface area contributed by atoms with Crippen LogP contribution in [-0.4, -0.2) is 18.4 Å². The van der Waals surface area contributed by atoms with Gasteiger partial charge in [-0.25, -0.2) is 0 Å². The highest BCUT2D eigenvalue weighted by Crippen LogP contribution is 2.25. The summed E-state index contributed by atoms with van der Waals surface area (Å²) in [4.78, 5) is 24.6. The molecule has 148 valence electrons. The van der Waals surface area contributed by atoms with Crippen LogP contribution in [-0.2, 0) is 4.79 Å². The molecule has 3 N–H and O–H groups in total. The van der Waals surface area contributed by atoms with Crippen molar-refractivity contribution < 1.29 is 9.59 Å². The Morgan fingerprint density at radius 1 is 0.897 bits per heavy atom. The van der Waals surface area contributed by atoms with Crippen LogP contribution in [0.15, 0.2) is 66.7 Å². The van der Waals surface area contributed by atoms with Gasteiger partial charge in [-0.05, 0) is 49.4 Å². The Morgan fingerprint density at radius 2 is 1.59 bits per heavy atom. The first-order chi connectivity index (χ1) is 13.9. The van der Waals surface area contributed by atoms with E-state index in [2.05, 4.69) is 16.0 Å². The Morgan fingerprint density at radius 3 is 2.28 bits per heavy atom. The molecule has 0 aromatic heterocycles. The van der Waals surface area contributed by atoms with Gasteiger partial charge in [0, 0.05) is 10.7 Å². The zero-order chi connectivity index (χ0) is 20.8. The third kappa shape index (κ3) is 5.73. The molecule has 0 unspecified atom stereocenters. The van der Waals surface area contributed by atoms with Crippen molar-refractivity contribution in [2.24, 2.45) is 0 Å². The van der Waals surface area contributed by atoms with Crippen LogP contribution in [0.3, 0.4) is 0 Å². The van der Waals surface area contributed by atoms with Gasteiger partial charge in [-0.3, -0.25) is 9.59 Å². The number of halogens is 2. The summed E-state index contributed by atoms with van der Waals surface area (Å²) >= 11 is 11.9. The molecule has 29 heavy (non-hydrogen) atoms. The Balaban J connectivity index is 1.62. The minimum atomic E-state index is -0.451. The third-order valence-electron chi connectivity index (χ3n) is 4.12. The maximum Gasteiger partial charge on any atom is 0.253 e. The number of carbonyl (C=O) groups is 2. The first-order valence-corrected chi connectivity index (χ1v) is 9.64. The van der Waals surface area contributed by atoms with Crippen LogP contribution in [0.2, 0.25) is 10.0 Å². The first-order valence-electron chi connectivity index (χ1n) is 8.88. The van der Waals surface area contributed by atoms with E-state index in [1.807, 2.05) is 49.4 Å². The highest BCUT2D eigenvalue weighted by Gasteiger charge is 2.13. The van der Waals surface area contributed by atoms with E-state index >= 15 is 0 Å². The number of benzene rings is 3. The fourth-order valence-corrected chi connectivity index (χ4v) is 3.11. The van der Waals surface area contributed by atoms with Crippen LogP contribution in [0.4, 0.5) is 17.1 Å². The van der Waals surface area contributed by atoms with Crippen LogP contribution < -0.4 is 16.0 Å². The Hall–Kier alpha value is -3.02. The summed E-state index contributed by atoms with van der Waals surface area (Å²) in [6, 6.07) is 19.8. The Labute approximate surface area is 179 Å². The van der Waals surface area contributed by atoms with Crippen molar-refractivity contribution in [2.75, 3.05) is 17.2 Å². The van der Waals surface area contributed by atoms with Crippen molar-refractivity contribution >= 4 is 52.1 Å². The standard InChI is InChI=1S/C22H19Cl2N3O2/c1-14-6-9-16(10-7-14)26-19-4-2-3-5-20(19)27-21(28)13-25-22(29)17-11-8-15(23)12-18(17)24/h2-12,26H,13H2,1H3,(H,25,29)(H,27,28). The molecule has 0 bridgehead atoms. The Bertz CT molecular complexity index is 1040. The van der Waals surface area contributed by atoms with E-state index in [-0.39, 0.29) is 23.0 Å². The van der Waals surface area contributed by atoms with Crippen molar-refractivity contribution in [3.8, 4) is 0 Å². The molecule has 3 rings (SSSR count). The number of amides is 2. The van der Waals surface area contributed by atoms with Gasteiger partial charge in [0.15, 0.2) is 0 Å². The van der Waals surface area contributed by atoms with Crippen molar-refractivity contribution in [3.05, 3.63) is 87.9 Å². The summed E-state index contributed by atoms with van der Waals surface area (Å²) in [5.41, 5.74) is 3.68. The second-order valence-corrected chi connectivity index (χ2v) is 7.24. The smallest absolute Gasteiger partial charge is 0.253 e. The van der Waals surface area contributed by atoms with Crippen molar-refractivity contribution in [2.45, 2.75) is 6.92 Å². The molecule has 0 radical (unpaired) electrons. The minimum Gasteiger partial charge on any atom is -0.354 e. The molecule has 0 heterocycles. The largest absolute Gasteiger partial charge is 0.354 e. The molecule has 2 amide bonds. The monoisotopic (exact) mass is 427 g/mol. The number of carbonyl (C=O) groups excluding carboxylic acids is 2. The molecule has 0 saturated heterocycles. The number of para-hydroxylation sites is 2. The maximum absolute atomic E-state index is 12.3. The molecular formula is C22H19Cl2N3O2. The molecule has 0 fully saturated rings. The van der Waals surface area contributed by atoms with Crippen LogP contribution in [0, 0.1) is 6.92 Å². The number of aryl methyl sites for hydroxylation is 1. The molecule has 3 aromatic carbocycles. The van der Waals surface area contributed by atoms with Gasteiger partial charge in [0.05, 0.1) is 28.5 Å². The Kier molecular flexibility index (Phi) is 6.75. The molecule has 0 atom stereocenters. The van der Waals surface area contributed by atoms with Crippen LogP contribution in [0.5, 0.6) is 0 Å². The highest BCUT2D eigenvalue weighted by molar-refractivity contribution is 6.36. The summed E-state index contributed by atoms with van der Waals surface area (Å²) in [7, 11) is 0. The van der Waals surface area contributed by atoms with Crippen molar-refractivity contribution in [1.82, 2.24) is 5.32 Å². The maximum atomic E-state index is 12.3. The quantitative estimate of drug-likeness (QED) is 0.492. The van der Waals surface area contributed by atoms with Gasteiger partial charge >= 0.3 is 0 Å². The fourth-order valence-electron chi connectivity index (χ4n) is 2.62. The molecule has 7 heteroatoms. The van der Waals surface area contributed by atoms with Gasteiger partial charge in [0.2, 0.25) is 5.91 Å². The van der Waals surface area contributed by atoms with Crippen LogP contribution in [0.1, 0.15) is 15.9 Å². The second-order valence-electron chi connectivity index (χ2n) is 6.39. The molecule has 0 aliphatic heterocycles. The normalized spacial score (nSPS) is 10.3. The van der Waals surface area contributed by atoms with E-state index < -0.39 is 5.91 Å². The predicted octanol–water partition coefficient (Wildman–Crippen LogP) is 5.41. The molecule has 0 saturated carbocycles. The van der Waals surface area contributed by atoms with E-state index in [4.69, 9.17) is 23.2 Å². The SMILES string of the molecule is Cc1ccc(Nc2ccccc2NC(=O)CNC(=O)c2ccc(Cl)cc2Cl)cc1. The predicted molar refractivity (Wildman–Crippen MR) is 118 cm³/mol. The molecule has 5 nitrogen and oxygen atoms in total. The summed E-state index contributed by atoms with van der Waals surface area (Å²) in [6.07, 6.45) is 0. The van der Waals surface area contributed by atoms with E-state index in [1.165, 1.54) is 12.1 Å². The average Bonchev–Trinajstić information content (AvgIpc) is 2.69. The zero-order valence-corrected chi connectivity index (χ0v) is 17.1. The summed E-state index contributed by atoms with van der Waals surface area (Å²) < 4.78 is 0. The van der Waals surface area contributed by atoms with Gasteiger partial charge in [-0.15, -0.1) is 0 Å². The van der Waals surface area contributed by atoms with Crippen LogP contribution in [0.25, 0.3) is 0 Å². The minimum absolute atomic E-state index is 0.198. The molecule has 0 spiro atoms. The number of anilines is 3. The first kappa shape index (κ1) is 20.7. The summed E-state index contributed by atoms with van der Waals surface area (Å²) in [5, 5.41) is 9.29. The van der Waals surface area contributed by atoms with E-state index in [0.717, 1.165) is 16.9 Å². The lowest BCUT2D eigenvalue weighted by Gasteiger charge is -2.14. The zero-order valence-electron chi connectivity index (χ0n) is 15.6. The lowest BCUT2D eigenvalue weighted by atomic mass is 10.2. The van der Waals surface area contributed by atoms with Crippen LogP contribution >= 0.6 is 23.2 Å². The summed E-state index contributed by atoms with van der Waals surface area (Å²) in [6.45, 7) is 1.82. The van der Waals surface area contributed by atoms with Gasteiger partial charge in [0.1, 0.15) is 0 Å². The third-order valence-corrected chi connectivity index (χ3v) is 4.66. The number of hydrogen-bond donors (Lipinski definition) is 3. The van der Waals surface area contributed by atoms with Crippen molar-refractivity contribution in [3.63, 3.8) is 0 Å². The topological polar surface area (TPSA) is 70.2 Å². The fraction of sp³-hybridized carbons (Fsp3) is 0.0909. The van der Waals surface area contributed by atoms with Gasteiger partial charge in [-0.2, -0.15) is 0 Å². The van der Waals surface area contributed by atoms with Gasteiger partial charge in [0.25, 0.3) is 5.91 Å². The van der Waals surface area contributed by atoms with E-state index in [9.17, 15) is 9.59 Å². The molecular weight excluding hydrogens is 409 g/mol. The number of rotatable bonds is 6. The number of hydrogen-bond acceptors (Lipinski definition) is 3. The van der Waals surface area contributed by atoms with Gasteiger partial charge < -0.3 is 16.0 Å². The molecule has 3 aromatic rings. The lowest BCUT2D eigenvalue weighted by Crippen LogP contribution is -2.33. The number of nitrogens with one attached hydrogen (secondary N) is 3. The average molecular weight is 428 g/mol. The highest BCUT2D eigenvalue weighted by atomic mass is 35.5. The van der Waals surface area contributed by atoms with Gasteiger partial charge in [-0.1, -0.05) is 53.0 Å². The molecule has 0 aliphatic carbocycles. The van der Waals surface area contributed by atoms with E-state index in [1.54, 1.807) is 12.1 Å².